The van der Waals surface area contributed by atoms with Crippen molar-refractivity contribution < 1.29 is 19.0 Å². The molecule has 1 aliphatic rings. The van der Waals surface area contributed by atoms with Crippen LogP contribution >= 0.6 is 22.6 Å². The molecule has 0 aromatic heterocycles. The first-order chi connectivity index (χ1) is 10.8. The third-order valence-corrected chi connectivity index (χ3v) is 4.64. The lowest BCUT2D eigenvalue weighted by Gasteiger charge is -2.24. The molecule has 1 aromatic carbocycles. The first-order valence-corrected chi connectivity index (χ1v) is 8.89. The third-order valence-electron chi connectivity index (χ3n) is 3.45. The van der Waals surface area contributed by atoms with Gasteiger partial charge in [0.15, 0.2) is 0 Å². The molecule has 1 aliphatic heterocycles. The average Bonchev–Trinajstić information content (AvgIpc) is 2.85. The summed E-state index contributed by atoms with van der Waals surface area (Å²) in [5, 5.41) is 0. The summed E-state index contributed by atoms with van der Waals surface area (Å²) in [6, 6.07) is 7.82. The normalized spacial score (nSPS) is 21.3. The molecule has 1 saturated heterocycles. The first kappa shape index (κ1) is 18.3. The van der Waals surface area contributed by atoms with Crippen LogP contribution in [0, 0.1) is 0 Å². The molecule has 0 aliphatic carbocycles. The molecule has 23 heavy (non-hydrogen) atoms. The Balaban J connectivity index is 1.88. The summed E-state index contributed by atoms with van der Waals surface area (Å²) in [5.41, 5.74) is 0.584. The number of benzene rings is 1. The van der Waals surface area contributed by atoms with E-state index in [1.54, 1.807) is 12.0 Å². The number of carbonyl (C=O) groups is 1. The predicted octanol–water partition coefficient (Wildman–Crippen LogP) is 3.63. The lowest BCUT2D eigenvalue weighted by molar-refractivity contribution is 0.0190. The average molecular weight is 433 g/mol. The van der Waals surface area contributed by atoms with Crippen LogP contribution in [0.25, 0.3) is 0 Å². The van der Waals surface area contributed by atoms with Gasteiger partial charge < -0.3 is 19.1 Å². The summed E-state index contributed by atoms with van der Waals surface area (Å²) in [7, 11) is 1.65. The van der Waals surface area contributed by atoms with Crippen molar-refractivity contribution in [3.05, 3.63) is 29.8 Å². The van der Waals surface area contributed by atoms with Gasteiger partial charge in [0, 0.05) is 6.54 Å². The molecule has 1 amide bonds. The summed E-state index contributed by atoms with van der Waals surface area (Å²) in [6.45, 7) is 7.34. The van der Waals surface area contributed by atoms with Gasteiger partial charge in [-0.2, -0.15) is 0 Å². The Bertz CT molecular complexity index is 544. The van der Waals surface area contributed by atoms with E-state index in [1.165, 1.54) is 0 Å². The van der Waals surface area contributed by atoms with Gasteiger partial charge in [0.05, 0.1) is 30.3 Å². The van der Waals surface area contributed by atoms with E-state index in [4.69, 9.17) is 14.2 Å². The van der Waals surface area contributed by atoms with Crippen molar-refractivity contribution in [2.24, 2.45) is 0 Å². The highest BCUT2D eigenvalue weighted by molar-refractivity contribution is 14.1. The lowest BCUT2D eigenvalue weighted by atomic mass is 10.2. The standard InChI is InChI=1S/C17H24INO4/c1-17(2,3)23-16(20)19-9-14(18)15(10-19)22-11-12-6-5-7-13(8-12)21-4/h5-8,14-15H,9-11H2,1-4H3. The van der Waals surface area contributed by atoms with Crippen LogP contribution in [0.15, 0.2) is 24.3 Å². The molecule has 0 bridgehead atoms. The van der Waals surface area contributed by atoms with E-state index in [1.807, 2.05) is 45.0 Å². The third kappa shape index (κ3) is 5.53. The van der Waals surface area contributed by atoms with Crippen molar-refractivity contribution in [3.8, 4) is 5.75 Å². The fourth-order valence-electron chi connectivity index (χ4n) is 2.33. The number of likely N-dealkylation sites (tertiary alicyclic amines) is 1. The molecular formula is C17H24INO4. The van der Waals surface area contributed by atoms with Crippen LogP contribution < -0.4 is 4.74 Å². The number of alkyl halides is 1. The SMILES string of the molecule is COc1cccc(COC2CN(C(=O)OC(C)(C)C)CC2I)c1. The fourth-order valence-corrected chi connectivity index (χ4v) is 3.24. The van der Waals surface area contributed by atoms with Gasteiger partial charge in [-0.3, -0.25) is 0 Å². The minimum absolute atomic E-state index is 0.00863. The Morgan fingerprint density at radius 1 is 1.35 bits per heavy atom. The van der Waals surface area contributed by atoms with Crippen LogP contribution in [0.5, 0.6) is 5.75 Å². The topological polar surface area (TPSA) is 48.0 Å². The molecule has 2 unspecified atom stereocenters. The first-order valence-electron chi connectivity index (χ1n) is 7.65. The monoisotopic (exact) mass is 433 g/mol. The zero-order chi connectivity index (χ0) is 17.0. The number of nitrogens with zero attached hydrogens (tertiary/aromatic N) is 1. The Morgan fingerprint density at radius 3 is 2.74 bits per heavy atom. The lowest BCUT2D eigenvalue weighted by Crippen LogP contribution is -2.36. The summed E-state index contributed by atoms with van der Waals surface area (Å²) in [6.07, 6.45) is -0.263. The van der Waals surface area contributed by atoms with Crippen LogP contribution in [0.2, 0.25) is 0 Å². The van der Waals surface area contributed by atoms with E-state index in [0.29, 0.717) is 19.7 Å². The molecule has 6 heteroatoms. The highest BCUT2D eigenvalue weighted by atomic mass is 127. The van der Waals surface area contributed by atoms with Gasteiger partial charge in [-0.25, -0.2) is 4.79 Å². The van der Waals surface area contributed by atoms with Gasteiger partial charge >= 0.3 is 6.09 Å². The summed E-state index contributed by atoms with van der Waals surface area (Å²) < 4.78 is 16.9. The maximum Gasteiger partial charge on any atom is 0.410 e. The highest BCUT2D eigenvalue weighted by Crippen LogP contribution is 2.24. The van der Waals surface area contributed by atoms with Crippen molar-refractivity contribution in [1.29, 1.82) is 0 Å². The number of rotatable bonds is 4. The Kier molecular flexibility index (Phi) is 6.13. The largest absolute Gasteiger partial charge is 0.497 e. The van der Waals surface area contributed by atoms with E-state index in [2.05, 4.69) is 22.6 Å². The molecule has 128 valence electrons. The van der Waals surface area contributed by atoms with Crippen LogP contribution in [-0.2, 0) is 16.1 Å². The van der Waals surface area contributed by atoms with Gasteiger partial charge in [0.25, 0.3) is 0 Å². The second-order valence-electron chi connectivity index (χ2n) is 6.60. The summed E-state index contributed by atoms with van der Waals surface area (Å²) >= 11 is 2.34. The smallest absolute Gasteiger partial charge is 0.410 e. The Morgan fingerprint density at radius 2 is 2.09 bits per heavy atom. The van der Waals surface area contributed by atoms with Crippen molar-refractivity contribution >= 4 is 28.7 Å². The van der Waals surface area contributed by atoms with E-state index in [0.717, 1.165) is 11.3 Å². The predicted molar refractivity (Wildman–Crippen MR) is 97.2 cm³/mol. The Hall–Kier alpha value is -1.02. The van der Waals surface area contributed by atoms with Gasteiger partial charge in [-0.15, -0.1) is 0 Å². The van der Waals surface area contributed by atoms with Gasteiger partial charge in [-0.1, -0.05) is 34.7 Å². The zero-order valence-electron chi connectivity index (χ0n) is 14.0. The van der Waals surface area contributed by atoms with Gasteiger partial charge in [0.2, 0.25) is 0 Å². The van der Waals surface area contributed by atoms with E-state index in [-0.39, 0.29) is 16.1 Å². The maximum absolute atomic E-state index is 12.1. The molecule has 5 nitrogen and oxygen atoms in total. The van der Waals surface area contributed by atoms with Crippen molar-refractivity contribution in [2.75, 3.05) is 20.2 Å². The van der Waals surface area contributed by atoms with Crippen molar-refractivity contribution in [2.45, 2.75) is 43.0 Å². The quantitative estimate of drug-likeness (QED) is 0.538. The minimum Gasteiger partial charge on any atom is -0.497 e. The molecular weight excluding hydrogens is 409 g/mol. The minimum atomic E-state index is -0.475. The van der Waals surface area contributed by atoms with Crippen LogP contribution in [0.4, 0.5) is 4.79 Å². The second-order valence-corrected chi connectivity index (χ2v) is 8.20. The molecule has 2 atom stereocenters. The number of hydrogen-bond acceptors (Lipinski definition) is 4. The molecule has 0 radical (unpaired) electrons. The van der Waals surface area contributed by atoms with Crippen molar-refractivity contribution in [3.63, 3.8) is 0 Å². The van der Waals surface area contributed by atoms with Crippen LogP contribution in [0.3, 0.4) is 0 Å². The molecule has 0 spiro atoms. The fraction of sp³-hybridized carbons (Fsp3) is 0.588. The number of methoxy groups -OCH3 is 1. The number of amides is 1. The molecule has 1 fully saturated rings. The van der Waals surface area contributed by atoms with Gasteiger partial charge in [0.1, 0.15) is 11.4 Å². The second kappa shape index (κ2) is 7.70. The number of hydrogen-bond donors (Lipinski definition) is 0. The van der Waals surface area contributed by atoms with Crippen LogP contribution in [0.1, 0.15) is 26.3 Å². The van der Waals surface area contributed by atoms with E-state index in [9.17, 15) is 4.79 Å². The summed E-state index contributed by atoms with van der Waals surface area (Å²) in [4.78, 5) is 13.9. The number of ether oxygens (including phenoxy) is 3. The summed E-state index contributed by atoms with van der Waals surface area (Å²) in [5.74, 6) is 0.818. The van der Waals surface area contributed by atoms with Crippen molar-refractivity contribution in [1.82, 2.24) is 4.90 Å². The zero-order valence-corrected chi connectivity index (χ0v) is 16.2. The molecule has 1 aromatic rings. The maximum atomic E-state index is 12.1. The molecule has 0 N–H and O–H groups in total. The molecule has 0 saturated carbocycles. The van der Waals surface area contributed by atoms with Crippen LogP contribution in [-0.4, -0.2) is 46.8 Å². The number of halogens is 1. The van der Waals surface area contributed by atoms with Gasteiger partial charge in [-0.05, 0) is 38.5 Å². The molecule has 1 heterocycles. The van der Waals surface area contributed by atoms with E-state index < -0.39 is 5.60 Å². The molecule has 2 rings (SSSR count). The number of carbonyl (C=O) groups excluding carboxylic acids is 1. The highest BCUT2D eigenvalue weighted by Gasteiger charge is 2.36. The van der Waals surface area contributed by atoms with E-state index >= 15 is 0 Å². The Labute approximate surface area is 151 Å².